The summed E-state index contributed by atoms with van der Waals surface area (Å²) in [5, 5.41) is 20.0. The molecule has 0 aliphatic heterocycles. The molecule has 1 aromatic carbocycles. The molecule has 136 valence electrons. The van der Waals surface area contributed by atoms with E-state index in [1.54, 1.807) is 23.7 Å². The van der Waals surface area contributed by atoms with E-state index in [-0.39, 0.29) is 24.2 Å². The van der Waals surface area contributed by atoms with E-state index in [0.717, 1.165) is 5.69 Å². The van der Waals surface area contributed by atoms with Gasteiger partial charge in [-0.2, -0.15) is 10.4 Å². The van der Waals surface area contributed by atoms with Crippen LogP contribution in [0, 0.1) is 24.1 Å². The summed E-state index contributed by atoms with van der Waals surface area (Å²) < 4.78 is 15.5. The van der Waals surface area contributed by atoms with Crippen molar-refractivity contribution < 1.29 is 19.1 Å². The van der Waals surface area contributed by atoms with Gasteiger partial charge in [-0.25, -0.2) is 4.39 Å². The van der Waals surface area contributed by atoms with Crippen LogP contribution in [0.4, 0.5) is 4.39 Å². The zero-order valence-corrected chi connectivity index (χ0v) is 14.4. The maximum absolute atomic E-state index is 13.8. The van der Waals surface area contributed by atoms with E-state index in [2.05, 4.69) is 5.10 Å². The van der Waals surface area contributed by atoms with E-state index in [0.29, 0.717) is 23.5 Å². The van der Waals surface area contributed by atoms with Crippen LogP contribution in [0.25, 0.3) is 11.3 Å². The third kappa shape index (κ3) is 5.87. The highest BCUT2D eigenvalue weighted by Gasteiger charge is 2.11. The minimum Gasteiger partial charge on any atom is -0.483 e. The molecule has 2 rings (SSSR count). The molecular formula is C18H19FN4O3. The number of hydrogen-bond donors (Lipinski definition) is 2. The van der Waals surface area contributed by atoms with Crippen LogP contribution in [0.1, 0.15) is 24.6 Å². The molecule has 0 bridgehead atoms. The highest BCUT2D eigenvalue weighted by atomic mass is 19.1. The Morgan fingerprint density at radius 3 is 2.65 bits per heavy atom. The molecule has 0 aliphatic carbocycles. The predicted molar refractivity (Wildman–Crippen MR) is 93.3 cm³/mol. The molecule has 0 saturated heterocycles. The SMILES string of the molecule is C/C(N)=C/C(=O)CCn1nc(C)cc1-c1ccc(C#N)c(F)c1.O=CO. The Hall–Kier alpha value is -3.47. The van der Waals surface area contributed by atoms with Gasteiger partial charge < -0.3 is 10.8 Å². The van der Waals surface area contributed by atoms with E-state index in [1.165, 1.54) is 18.2 Å². The molecule has 0 saturated carbocycles. The molecule has 26 heavy (non-hydrogen) atoms. The van der Waals surface area contributed by atoms with Gasteiger partial charge in [0.15, 0.2) is 5.78 Å². The average Bonchev–Trinajstić information content (AvgIpc) is 2.94. The fourth-order valence-corrected chi connectivity index (χ4v) is 2.26. The Morgan fingerprint density at radius 2 is 2.12 bits per heavy atom. The van der Waals surface area contributed by atoms with Gasteiger partial charge in [0, 0.05) is 24.2 Å². The molecule has 0 unspecified atom stereocenters. The van der Waals surface area contributed by atoms with E-state index in [1.807, 2.05) is 13.0 Å². The van der Waals surface area contributed by atoms with Crippen molar-refractivity contribution in [3.05, 3.63) is 53.1 Å². The van der Waals surface area contributed by atoms with Crippen LogP contribution in [0.3, 0.4) is 0 Å². The maximum atomic E-state index is 13.8. The number of carbonyl (C=O) groups excluding carboxylic acids is 1. The molecule has 2 aromatic rings. The van der Waals surface area contributed by atoms with Crippen molar-refractivity contribution >= 4 is 12.3 Å². The van der Waals surface area contributed by atoms with E-state index < -0.39 is 5.82 Å². The van der Waals surface area contributed by atoms with E-state index in [9.17, 15) is 9.18 Å². The molecule has 8 heteroatoms. The van der Waals surface area contributed by atoms with E-state index >= 15 is 0 Å². The fourth-order valence-electron chi connectivity index (χ4n) is 2.26. The number of aryl methyl sites for hydroxylation is 2. The van der Waals surface area contributed by atoms with Crippen LogP contribution in [-0.2, 0) is 16.1 Å². The van der Waals surface area contributed by atoms with Gasteiger partial charge in [0.25, 0.3) is 6.47 Å². The average molecular weight is 358 g/mol. The smallest absolute Gasteiger partial charge is 0.290 e. The highest BCUT2D eigenvalue weighted by molar-refractivity contribution is 5.90. The summed E-state index contributed by atoms with van der Waals surface area (Å²) in [7, 11) is 0. The lowest BCUT2D eigenvalue weighted by Crippen LogP contribution is -2.08. The van der Waals surface area contributed by atoms with E-state index in [4.69, 9.17) is 20.9 Å². The summed E-state index contributed by atoms with van der Waals surface area (Å²) in [6.07, 6.45) is 1.64. The lowest BCUT2D eigenvalue weighted by molar-refractivity contribution is -0.123. The van der Waals surface area contributed by atoms with Crippen LogP contribution in [0.2, 0.25) is 0 Å². The largest absolute Gasteiger partial charge is 0.483 e. The van der Waals surface area contributed by atoms with Crippen molar-refractivity contribution in [1.82, 2.24) is 9.78 Å². The highest BCUT2D eigenvalue weighted by Crippen LogP contribution is 2.23. The topological polar surface area (TPSA) is 122 Å². The molecule has 3 N–H and O–H groups in total. The molecule has 0 spiro atoms. The van der Waals surface area contributed by atoms with Crippen LogP contribution < -0.4 is 5.73 Å². The summed E-state index contributed by atoms with van der Waals surface area (Å²) in [5.41, 5.74) is 8.01. The Bertz CT molecular complexity index is 862. The molecule has 0 amide bonds. The number of ketones is 1. The van der Waals surface area contributed by atoms with Crippen molar-refractivity contribution in [2.45, 2.75) is 26.8 Å². The van der Waals surface area contributed by atoms with Gasteiger partial charge in [-0.3, -0.25) is 14.3 Å². The van der Waals surface area contributed by atoms with Crippen molar-refractivity contribution in [1.29, 1.82) is 5.26 Å². The van der Waals surface area contributed by atoms with Crippen molar-refractivity contribution in [2.75, 3.05) is 0 Å². The first kappa shape index (κ1) is 20.6. The molecular weight excluding hydrogens is 339 g/mol. The normalized spacial score (nSPS) is 10.5. The summed E-state index contributed by atoms with van der Waals surface area (Å²) in [5.74, 6) is -0.664. The summed E-state index contributed by atoms with van der Waals surface area (Å²) >= 11 is 0. The maximum Gasteiger partial charge on any atom is 0.290 e. The molecule has 7 nitrogen and oxygen atoms in total. The molecule has 1 aromatic heterocycles. The monoisotopic (exact) mass is 358 g/mol. The Labute approximate surface area is 150 Å². The van der Waals surface area contributed by atoms with Gasteiger partial charge in [0.2, 0.25) is 0 Å². The van der Waals surface area contributed by atoms with Gasteiger partial charge in [-0.1, -0.05) is 6.07 Å². The number of allylic oxidation sites excluding steroid dienone is 2. The number of hydrogen-bond acceptors (Lipinski definition) is 5. The lowest BCUT2D eigenvalue weighted by atomic mass is 10.1. The van der Waals surface area contributed by atoms with Gasteiger partial charge in [0.05, 0.1) is 17.0 Å². The number of aromatic nitrogens is 2. The number of benzene rings is 1. The van der Waals surface area contributed by atoms with Gasteiger partial charge in [-0.05, 0) is 38.1 Å². The third-order valence-electron chi connectivity index (χ3n) is 3.25. The van der Waals surface area contributed by atoms with Crippen LogP contribution in [0.15, 0.2) is 36.0 Å². The molecule has 1 heterocycles. The number of carboxylic acid groups (broad SMARTS) is 1. The van der Waals surface area contributed by atoms with Crippen molar-refractivity contribution in [3.8, 4) is 17.3 Å². The first-order valence-corrected chi connectivity index (χ1v) is 7.61. The number of rotatable bonds is 5. The van der Waals surface area contributed by atoms with Gasteiger partial charge >= 0.3 is 0 Å². The first-order valence-electron chi connectivity index (χ1n) is 7.61. The van der Waals surface area contributed by atoms with Crippen molar-refractivity contribution in [3.63, 3.8) is 0 Å². The standard InChI is InChI=1S/C17H17FN4O.CH2O2/c1-11(20)7-15(23)5-6-22-17(8-12(2)21-22)13-3-4-14(10-19)16(18)9-13;2-1-3/h3-4,7-9H,5-6,20H2,1-2H3;1H,(H,2,3)/b11-7-;. The first-order chi connectivity index (χ1) is 12.3. The molecule has 0 aliphatic rings. The number of halogens is 1. The number of nitriles is 1. The molecule has 0 atom stereocenters. The van der Waals surface area contributed by atoms with Crippen LogP contribution in [0.5, 0.6) is 0 Å². The Balaban J connectivity index is 0.00000105. The molecule has 0 fully saturated rings. The second-order valence-corrected chi connectivity index (χ2v) is 5.41. The fraction of sp³-hybridized carbons (Fsp3) is 0.222. The zero-order chi connectivity index (χ0) is 19.7. The van der Waals surface area contributed by atoms with Gasteiger partial charge in [0.1, 0.15) is 11.9 Å². The quantitative estimate of drug-likeness (QED) is 0.625. The zero-order valence-electron chi connectivity index (χ0n) is 14.4. The third-order valence-corrected chi connectivity index (χ3v) is 3.25. The summed E-state index contributed by atoms with van der Waals surface area (Å²) in [6, 6.07) is 8.01. The number of nitrogens with zero attached hydrogens (tertiary/aromatic N) is 3. The second kappa shape index (κ2) is 9.74. The molecule has 0 radical (unpaired) electrons. The lowest BCUT2D eigenvalue weighted by Gasteiger charge is -2.07. The second-order valence-electron chi connectivity index (χ2n) is 5.41. The van der Waals surface area contributed by atoms with Crippen LogP contribution in [-0.4, -0.2) is 27.1 Å². The van der Waals surface area contributed by atoms with Gasteiger partial charge in [-0.15, -0.1) is 0 Å². The minimum atomic E-state index is -0.576. The van der Waals surface area contributed by atoms with Crippen molar-refractivity contribution in [2.24, 2.45) is 5.73 Å². The number of carbonyl (C=O) groups is 2. The number of nitrogens with two attached hydrogens (primary N) is 1. The summed E-state index contributed by atoms with van der Waals surface area (Å²) in [6.45, 7) is 3.60. The summed E-state index contributed by atoms with van der Waals surface area (Å²) in [4.78, 5) is 20.1. The Kier molecular flexibility index (Phi) is 7.70. The minimum absolute atomic E-state index is 0.00438. The predicted octanol–water partition coefficient (Wildman–Crippen LogP) is 2.39. The Morgan fingerprint density at radius 1 is 1.46 bits per heavy atom. The van der Waals surface area contributed by atoms with Crippen LogP contribution >= 0.6 is 0 Å².